The molecule has 2 amide bonds. The van der Waals surface area contributed by atoms with E-state index in [2.05, 4.69) is 41.9 Å². The third-order valence-corrected chi connectivity index (χ3v) is 6.68. The van der Waals surface area contributed by atoms with E-state index >= 15 is 0 Å². The molecule has 4 rings (SSSR count). The van der Waals surface area contributed by atoms with E-state index in [1.54, 1.807) is 0 Å². The molecule has 29 heavy (non-hydrogen) atoms. The number of likely N-dealkylation sites (tertiary alicyclic amines) is 1. The van der Waals surface area contributed by atoms with Gasteiger partial charge in [0.1, 0.15) is 5.00 Å². The van der Waals surface area contributed by atoms with Gasteiger partial charge in [0.05, 0.1) is 10.4 Å². The zero-order valence-electron chi connectivity index (χ0n) is 17.0. The van der Waals surface area contributed by atoms with Crippen LogP contribution >= 0.6 is 11.3 Å². The number of hydrogen-bond acceptors (Lipinski definition) is 3. The van der Waals surface area contributed by atoms with Crippen molar-refractivity contribution in [3.05, 3.63) is 53.0 Å². The normalized spacial score (nSPS) is 15.0. The highest BCUT2D eigenvalue weighted by atomic mass is 32.1. The highest BCUT2D eigenvalue weighted by Gasteiger charge is 2.28. The van der Waals surface area contributed by atoms with Crippen LogP contribution in [0.2, 0.25) is 0 Å². The van der Waals surface area contributed by atoms with E-state index in [-0.39, 0.29) is 17.7 Å². The summed E-state index contributed by atoms with van der Waals surface area (Å²) < 4.78 is 2.21. The second kappa shape index (κ2) is 8.41. The van der Waals surface area contributed by atoms with Gasteiger partial charge in [-0.2, -0.15) is 0 Å². The molecule has 0 saturated carbocycles. The molecule has 1 aliphatic rings. The second-order valence-electron chi connectivity index (χ2n) is 7.68. The van der Waals surface area contributed by atoms with E-state index in [0.29, 0.717) is 13.1 Å². The molecule has 152 valence electrons. The van der Waals surface area contributed by atoms with Gasteiger partial charge in [-0.3, -0.25) is 9.59 Å². The summed E-state index contributed by atoms with van der Waals surface area (Å²) >= 11 is 1.53. The third kappa shape index (κ3) is 3.94. The predicted octanol–water partition coefficient (Wildman–Crippen LogP) is 4.38. The van der Waals surface area contributed by atoms with Gasteiger partial charge in [-0.1, -0.05) is 25.1 Å². The lowest BCUT2D eigenvalue weighted by Crippen LogP contribution is -2.43. The molecule has 0 radical (unpaired) electrons. The number of nitrogens with one attached hydrogen (secondary N) is 1. The molecule has 0 aliphatic carbocycles. The summed E-state index contributed by atoms with van der Waals surface area (Å²) in [5, 5.41) is 5.23. The maximum atomic E-state index is 13.0. The first-order valence-corrected chi connectivity index (χ1v) is 11.1. The second-order valence-corrected chi connectivity index (χ2v) is 8.74. The smallest absolute Gasteiger partial charge is 0.263 e. The summed E-state index contributed by atoms with van der Waals surface area (Å²) in [6.07, 6.45) is 2.42. The molecule has 1 N–H and O–H groups in total. The van der Waals surface area contributed by atoms with E-state index in [9.17, 15) is 9.59 Å². The lowest BCUT2D eigenvalue weighted by molar-refractivity contribution is -0.126. The van der Waals surface area contributed by atoms with Crippen LogP contribution in [-0.2, 0) is 4.79 Å². The Morgan fingerprint density at radius 2 is 1.90 bits per heavy atom. The largest absolute Gasteiger partial charge is 0.356 e. The van der Waals surface area contributed by atoms with E-state index in [0.717, 1.165) is 46.9 Å². The zero-order chi connectivity index (χ0) is 20.4. The molecule has 1 saturated heterocycles. The molecule has 5 nitrogen and oxygen atoms in total. The lowest BCUT2D eigenvalue weighted by Gasteiger charge is -2.31. The topological polar surface area (TPSA) is 54.3 Å². The van der Waals surface area contributed by atoms with Crippen LogP contribution in [0.5, 0.6) is 0 Å². The van der Waals surface area contributed by atoms with Crippen molar-refractivity contribution in [1.82, 2.24) is 14.8 Å². The fourth-order valence-corrected chi connectivity index (χ4v) is 5.09. The van der Waals surface area contributed by atoms with Crippen molar-refractivity contribution in [1.29, 1.82) is 0 Å². The molecule has 1 aromatic carbocycles. The maximum Gasteiger partial charge on any atom is 0.263 e. The average Bonchev–Trinajstić information content (AvgIpc) is 3.35. The van der Waals surface area contributed by atoms with Gasteiger partial charge in [-0.15, -0.1) is 11.3 Å². The molecule has 1 fully saturated rings. The predicted molar refractivity (Wildman–Crippen MR) is 118 cm³/mol. The van der Waals surface area contributed by atoms with Gasteiger partial charge in [0.15, 0.2) is 0 Å². The number of hydrogen-bond donors (Lipinski definition) is 1. The fourth-order valence-electron chi connectivity index (χ4n) is 4.04. The molecule has 0 unspecified atom stereocenters. The van der Waals surface area contributed by atoms with Crippen LogP contribution in [0, 0.1) is 12.8 Å². The van der Waals surface area contributed by atoms with Gasteiger partial charge in [0.2, 0.25) is 5.91 Å². The number of carbonyl (C=O) groups is 2. The summed E-state index contributed by atoms with van der Waals surface area (Å²) in [7, 11) is 0. The molecular formula is C23H27N3O2S. The van der Waals surface area contributed by atoms with Crippen LogP contribution in [0.1, 0.15) is 41.6 Å². The first kappa shape index (κ1) is 19.7. The maximum absolute atomic E-state index is 13.0. The molecule has 0 bridgehead atoms. The van der Waals surface area contributed by atoms with Gasteiger partial charge in [-0.25, -0.2) is 0 Å². The van der Waals surface area contributed by atoms with Crippen molar-refractivity contribution in [2.75, 3.05) is 19.6 Å². The highest BCUT2D eigenvalue weighted by molar-refractivity contribution is 7.16. The molecular weight excluding hydrogens is 382 g/mol. The van der Waals surface area contributed by atoms with E-state index in [1.807, 2.05) is 29.2 Å². The van der Waals surface area contributed by atoms with Gasteiger partial charge in [0.25, 0.3) is 5.91 Å². The Morgan fingerprint density at radius 1 is 1.14 bits per heavy atom. The number of aromatic nitrogens is 1. The number of thiophene rings is 1. The number of aryl methyl sites for hydroxylation is 1. The number of benzene rings is 1. The number of amides is 2. The van der Waals surface area contributed by atoms with E-state index in [4.69, 9.17) is 0 Å². The number of rotatable bonds is 5. The first-order valence-electron chi connectivity index (χ1n) is 10.3. The molecule has 1 aliphatic heterocycles. The Morgan fingerprint density at radius 3 is 2.66 bits per heavy atom. The molecule has 0 spiro atoms. The quantitative estimate of drug-likeness (QED) is 0.680. The van der Waals surface area contributed by atoms with Crippen LogP contribution in [0.3, 0.4) is 0 Å². The van der Waals surface area contributed by atoms with Crippen molar-refractivity contribution in [3.8, 4) is 5.00 Å². The van der Waals surface area contributed by atoms with Crippen LogP contribution in [0.25, 0.3) is 15.9 Å². The minimum absolute atomic E-state index is 0.0263. The fraction of sp³-hybridized carbons (Fsp3) is 0.391. The monoisotopic (exact) mass is 409 g/mol. The molecule has 3 aromatic rings. The Kier molecular flexibility index (Phi) is 5.72. The van der Waals surface area contributed by atoms with Crippen molar-refractivity contribution < 1.29 is 9.59 Å². The van der Waals surface area contributed by atoms with E-state index in [1.165, 1.54) is 16.7 Å². The average molecular weight is 410 g/mol. The first-order chi connectivity index (χ1) is 14.1. The van der Waals surface area contributed by atoms with Crippen LogP contribution < -0.4 is 5.32 Å². The highest BCUT2D eigenvalue weighted by Crippen LogP contribution is 2.30. The van der Waals surface area contributed by atoms with Crippen LogP contribution in [0.15, 0.2) is 42.5 Å². The minimum Gasteiger partial charge on any atom is -0.356 e. The number of para-hydroxylation sites is 1. The SMILES string of the molecule is CCCNC(=O)C1CCN(C(=O)c2ccc(-n3c(C)cc4ccccc43)s2)CC1. The van der Waals surface area contributed by atoms with Crippen molar-refractivity contribution in [2.45, 2.75) is 33.1 Å². The molecule has 3 heterocycles. The van der Waals surface area contributed by atoms with Crippen molar-refractivity contribution in [2.24, 2.45) is 5.92 Å². The summed E-state index contributed by atoms with van der Waals surface area (Å²) in [5.74, 6) is 0.230. The van der Waals surface area contributed by atoms with Crippen molar-refractivity contribution in [3.63, 3.8) is 0 Å². The number of carbonyl (C=O) groups excluding carboxylic acids is 2. The molecule has 6 heteroatoms. The minimum atomic E-state index is 0.0263. The summed E-state index contributed by atoms with van der Waals surface area (Å²) in [5.41, 5.74) is 2.32. The number of fused-ring (bicyclic) bond motifs is 1. The Balaban J connectivity index is 1.46. The number of piperidine rings is 1. The summed E-state index contributed by atoms with van der Waals surface area (Å²) in [6.45, 7) is 6.15. The van der Waals surface area contributed by atoms with Gasteiger partial charge in [-0.05, 0) is 50.5 Å². The zero-order valence-corrected chi connectivity index (χ0v) is 17.8. The van der Waals surface area contributed by atoms with Gasteiger partial charge in [0, 0.05) is 36.6 Å². The standard InChI is InChI=1S/C23H27N3O2S/c1-3-12-24-22(27)17-10-13-25(14-11-17)23(28)20-8-9-21(29-20)26-16(2)15-18-6-4-5-7-19(18)26/h4-9,15,17H,3,10-14H2,1-2H3,(H,24,27). The number of nitrogens with zero attached hydrogens (tertiary/aromatic N) is 2. The summed E-state index contributed by atoms with van der Waals surface area (Å²) in [4.78, 5) is 27.8. The Hall–Kier alpha value is -2.60. The van der Waals surface area contributed by atoms with Crippen molar-refractivity contribution >= 4 is 34.1 Å². The summed E-state index contributed by atoms with van der Waals surface area (Å²) in [6, 6.07) is 14.4. The molecule has 2 aromatic heterocycles. The lowest BCUT2D eigenvalue weighted by atomic mass is 9.96. The third-order valence-electron chi connectivity index (χ3n) is 5.62. The molecule has 0 atom stereocenters. The van der Waals surface area contributed by atoms with E-state index < -0.39 is 0 Å². The van der Waals surface area contributed by atoms with Crippen LogP contribution in [-0.4, -0.2) is 40.9 Å². The Labute approximate surface area is 175 Å². The van der Waals surface area contributed by atoms with Gasteiger partial charge >= 0.3 is 0 Å². The van der Waals surface area contributed by atoms with Crippen LogP contribution in [0.4, 0.5) is 0 Å². The Bertz CT molecular complexity index is 1030. The van der Waals surface area contributed by atoms with Gasteiger partial charge < -0.3 is 14.8 Å².